The maximum Gasteiger partial charge on any atom is 0.125 e. The van der Waals surface area contributed by atoms with E-state index in [1.54, 1.807) is 0 Å². The van der Waals surface area contributed by atoms with Gasteiger partial charge in [-0.1, -0.05) is 39.1 Å². The molecule has 1 aromatic rings. The van der Waals surface area contributed by atoms with Gasteiger partial charge in [0, 0.05) is 22.1 Å². The lowest BCUT2D eigenvalue weighted by molar-refractivity contribution is 0.355. The third-order valence-electron chi connectivity index (χ3n) is 1.73. The summed E-state index contributed by atoms with van der Waals surface area (Å²) >= 11 is 14.5. The monoisotopic (exact) mass is 309 g/mol. The van der Waals surface area contributed by atoms with Gasteiger partial charge in [-0.15, -0.1) is 0 Å². The quantitative estimate of drug-likeness (QED) is 0.922. The molecule has 2 N–H and O–H groups in total. The molecule has 82 valence electrons. The predicted octanol–water partition coefficient (Wildman–Crippen LogP) is 3.61. The van der Waals surface area contributed by atoms with Crippen LogP contribution < -0.4 is 10.5 Å². The van der Waals surface area contributed by atoms with Crippen LogP contribution in [0.4, 0.5) is 0 Å². The van der Waals surface area contributed by atoms with Gasteiger partial charge >= 0.3 is 0 Å². The van der Waals surface area contributed by atoms with E-state index >= 15 is 0 Å². The molecule has 15 heavy (non-hydrogen) atoms. The Labute approximate surface area is 107 Å². The Kier molecular flexibility index (Phi) is 5.47. The van der Waals surface area contributed by atoms with Gasteiger partial charge in [-0.2, -0.15) is 0 Å². The van der Waals surface area contributed by atoms with Crippen LogP contribution in [0.1, 0.15) is 5.56 Å². The summed E-state index contributed by atoms with van der Waals surface area (Å²) in [5.74, 6) is 0.720. The highest BCUT2D eigenvalue weighted by atomic mass is 79.9. The molecule has 0 fully saturated rings. The molecular formula is C10H10BrCl2NO. The summed E-state index contributed by atoms with van der Waals surface area (Å²) in [6.45, 7) is 0.663. The van der Waals surface area contributed by atoms with Gasteiger partial charge in [-0.05, 0) is 18.2 Å². The van der Waals surface area contributed by atoms with Gasteiger partial charge in [0.2, 0.25) is 0 Å². The van der Waals surface area contributed by atoms with E-state index in [1.165, 1.54) is 5.54 Å². The molecule has 5 heteroatoms. The van der Waals surface area contributed by atoms with Gasteiger partial charge in [-0.3, -0.25) is 0 Å². The van der Waals surface area contributed by atoms with E-state index in [-0.39, 0.29) is 6.61 Å². The molecule has 0 spiro atoms. The summed E-state index contributed by atoms with van der Waals surface area (Å²) in [6, 6.07) is 5.63. The highest BCUT2D eigenvalue weighted by Gasteiger charge is 2.03. The van der Waals surface area contributed by atoms with Crippen LogP contribution >= 0.6 is 39.1 Å². The SMILES string of the molecule is NCc1cc(Br)ccc1OCC(Cl)=CCl. The van der Waals surface area contributed by atoms with E-state index < -0.39 is 0 Å². The second kappa shape index (κ2) is 6.38. The molecule has 0 aromatic heterocycles. The highest BCUT2D eigenvalue weighted by Crippen LogP contribution is 2.23. The normalized spacial score (nSPS) is 11.6. The van der Waals surface area contributed by atoms with Crippen LogP contribution in [0.2, 0.25) is 0 Å². The van der Waals surface area contributed by atoms with Crippen molar-refractivity contribution in [2.45, 2.75) is 6.54 Å². The Morgan fingerprint density at radius 1 is 1.53 bits per heavy atom. The first kappa shape index (κ1) is 12.8. The molecule has 2 nitrogen and oxygen atoms in total. The second-order valence-electron chi connectivity index (χ2n) is 2.80. The molecule has 0 atom stereocenters. The van der Waals surface area contributed by atoms with Crippen molar-refractivity contribution in [3.63, 3.8) is 0 Å². The zero-order valence-corrected chi connectivity index (χ0v) is 10.9. The van der Waals surface area contributed by atoms with Crippen LogP contribution in [0.25, 0.3) is 0 Å². The Morgan fingerprint density at radius 2 is 2.27 bits per heavy atom. The molecule has 0 saturated carbocycles. The zero-order chi connectivity index (χ0) is 11.3. The number of rotatable bonds is 4. The number of hydrogen-bond acceptors (Lipinski definition) is 2. The fraction of sp³-hybridized carbons (Fsp3) is 0.200. The van der Waals surface area contributed by atoms with E-state index in [9.17, 15) is 0 Å². The standard InChI is InChI=1S/C10H10BrCl2NO/c11-8-1-2-10(7(3-8)5-14)15-6-9(13)4-12/h1-4H,5-6,14H2. The van der Waals surface area contributed by atoms with E-state index in [2.05, 4.69) is 15.9 Å². The topological polar surface area (TPSA) is 35.2 Å². The fourth-order valence-corrected chi connectivity index (χ4v) is 1.55. The average molecular weight is 311 g/mol. The third-order valence-corrected chi connectivity index (χ3v) is 2.81. The minimum atomic E-state index is 0.250. The first-order chi connectivity index (χ1) is 7.17. The predicted molar refractivity (Wildman–Crippen MR) is 67.3 cm³/mol. The van der Waals surface area contributed by atoms with Crippen molar-refractivity contribution in [3.8, 4) is 5.75 Å². The van der Waals surface area contributed by atoms with Gasteiger partial charge in [0.25, 0.3) is 0 Å². The second-order valence-corrected chi connectivity index (χ2v) is 4.42. The zero-order valence-electron chi connectivity index (χ0n) is 7.84. The van der Waals surface area contributed by atoms with Gasteiger partial charge in [-0.25, -0.2) is 0 Å². The summed E-state index contributed by atoms with van der Waals surface area (Å²) in [7, 11) is 0. The van der Waals surface area contributed by atoms with Crippen molar-refractivity contribution in [2.75, 3.05) is 6.61 Å². The molecule has 0 bridgehead atoms. The molecule has 0 aliphatic carbocycles. The number of halogens is 3. The Morgan fingerprint density at radius 3 is 2.87 bits per heavy atom. The molecule has 0 amide bonds. The molecule has 0 heterocycles. The summed E-state index contributed by atoms with van der Waals surface area (Å²) in [5, 5.41) is 0.447. The number of hydrogen-bond donors (Lipinski definition) is 1. The summed E-state index contributed by atoms with van der Waals surface area (Å²) < 4.78 is 6.42. The Bertz CT molecular complexity index is 368. The molecule has 0 radical (unpaired) electrons. The van der Waals surface area contributed by atoms with Crippen LogP contribution in [0, 0.1) is 0 Å². The van der Waals surface area contributed by atoms with Gasteiger partial charge in [0.15, 0.2) is 0 Å². The Hall–Kier alpha value is -0.220. The van der Waals surface area contributed by atoms with Crippen molar-refractivity contribution >= 4 is 39.1 Å². The molecule has 0 saturated heterocycles. The molecule has 0 aliphatic heterocycles. The van der Waals surface area contributed by atoms with Crippen molar-refractivity contribution < 1.29 is 4.74 Å². The van der Waals surface area contributed by atoms with E-state index in [4.69, 9.17) is 33.7 Å². The smallest absolute Gasteiger partial charge is 0.125 e. The van der Waals surface area contributed by atoms with Crippen LogP contribution in [0.5, 0.6) is 5.75 Å². The minimum Gasteiger partial charge on any atom is -0.488 e. The van der Waals surface area contributed by atoms with Crippen LogP contribution in [0.15, 0.2) is 33.2 Å². The number of benzene rings is 1. The van der Waals surface area contributed by atoms with Crippen molar-refractivity contribution in [2.24, 2.45) is 5.73 Å². The van der Waals surface area contributed by atoms with Crippen molar-refractivity contribution in [1.29, 1.82) is 0 Å². The number of nitrogens with two attached hydrogens (primary N) is 1. The van der Waals surface area contributed by atoms with Gasteiger partial charge in [0.05, 0.1) is 5.03 Å². The van der Waals surface area contributed by atoms with Crippen LogP contribution in [-0.2, 0) is 6.54 Å². The first-order valence-electron chi connectivity index (χ1n) is 4.23. The lowest BCUT2D eigenvalue weighted by Gasteiger charge is -2.09. The van der Waals surface area contributed by atoms with E-state index in [1.807, 2.05) is 18.2 Å². The van der Waals surface area contributed by atoms with Crippen molar-refractivity contribution in [1.82, 2.24) is 0 Å². The van der Waals surface area contributed by atoms with Gasteiger partial charge < -0.3 is 10.5 Å². The van der Waals surface area contributed by atoms with Crippen LogP contribution in [-0.4, -0.2) is 6.61 Å². The lowest BCUT2D eigenvalue weighted by atomic mass is 10.2. The maximum absolute atomic E-state index is 5.71. The fourth-order valence-electron chi connectivity index (χ4n) is 1.03. The summed E-state index contributed by atoms with van der Waals surface area (Å²) in [6.07, 6.45) is 0. The number of ether oxygens (including phenoxy) is 1. The van der Waals surface area contributed by atoms with Gasteiger partial charge in [0.1, 0.15) is 12.4 Å². The average Bonchev–Trinajstić information content (AvgIpc) is 2.26. The molecule has 0 aliphatic rings. The molecule has 0 unspecified atom stereocenters. The van der Waals surface area contributed by atoms with Crippen molar-refractivity contribution in [3.05, 3.63) is 38.8 Å². The summed E-state index contributed by atoms with van der Waals surface area (Å²) in [5.41, 5.74) is 7.78. The molecule has 1 aromatic carbocycles. The third kappa shape index (κ3) is 4.03. The molecule has 1 rings (SSSR count). The minimum absolute atomic E-state index is 0.250. The molecular weight excluding hydrogens is 301 g/mol. The largest absolute Gasteiger partial charge is 0.488 e. The van der Waals surface area contributed by atoms with Crippen LogP contribution in [0.3, 0.4) is 0 Å². The first-order valence-corrected chi connectivity index (χ1v) is 5.84. The van der Waals surface area contributed by atoms with E-state index in [0.717, 1.165) is 15.8 Å². The summed E-state index contributed by atoms with van der Waals surface area (Å²) in [4.78, 5) is 0. The lowest BCUT2D eigenvalue weighted by Crippen LogP contribution is -2.03. The van der Waals surface area contributed by atoms with E-state index in [0.29, 0.717) is 11.6 Å². The maximum atomic E-state index is 5.71. The Balaban J connectivity index is 2.76. The highest BCUT2D eigenvalue weighted by molar-refractivity contribution is 9.10.